The molecule has 0 unspecified atom stereocenters. The highest BCUT2D eigenvalue weighted by atomic mass is 32.1. The van der Waals surface area contributed by atoms with Crippen molar-refractivity contribution >= 4 is 29.8 Å². The molecule has 188 valence electrons. The molecule has 11 heteroatoms. The van der Waals surface area contributed by atoms with Crippen LogP contribution in [0.3, 0.4) is 0 Å². The number of thiazole rings is 1. The first-order valence-electron chi connectivity index (χ1n) is 10.8. The van der Waals surface area contributed by atoms with E-state index in [0.29, 0.717) is 36.7 Å². The molecule has 2 heterocycles. The van der Waals surface area contributed by atoms with E-state index >= 15 is 0 Å². The predicted molar refractivity (Wildman–Crippen MR) is 130 cm³/mol. The lowest BCUT2D eigenvalue weighted by Gasteiger charge is -2.37. The molecule has 35 heavy (non-hydrogen) atoms. The zero-order chi connectivity index (χ0) is 25.8. The normalized spacial score (nSPS) is 16.9. The molecule has 2 aromatic rings. The average molecular weight is 509 g/mol. The number of rotatable bonds is 8. The summed E-state index contributed by atoms with van der Waals surface area (Å²) in [5.41, 5.74) is 1.40. The second kappa shape index (κ2) is 10.7. The minimum absolute atomic E-state index is 0.0807. The molecule has 1 aliphatic rings. The minimum Gasteiger partial charge on any atom is -0.493 e. The van der Waals surface area contributed by atoms with Crippen molar-refractivity contribution in [2.24, 2.45) is 15.4 Å². The van der Waals surface area contributed by atoms with E-state index < -0.39 is 24.0 Å². The number of alkyl halides is 3. The Hall–Kier alpha value is -3.05. The highest BCUT2D eigenvalue weighted by molar-refractivity contribution is 7.14. The van der Waals surface area contributed by atoms with Gasteiger partial charge in [0.25, 0.3) is 5.91 Å². The van der Waals surface area contributed by atoms with Crippen molar-refractivity contribution in [1.82, 2.24) is 10.3 Å². The number of amidine groups is 1. The van der Waals surface area contributed by atoms with Gasteiger partial charge in [0.2, 0.25) is 5.84 Å². The quantitative estimate of drug-likeness (QED) is 0.392. The number of benzene rings is 1. The van der Waals surface area contributed by atoms with Gasteiger partial charge in [-0.05, 0) is 51.3 Å². The largest absolute Gasteiger partial charge is 0.493 e. The minimum atomic E-state index is -4.71. The van der Waals surface area contributed by atoms with Crippen LogP contribution in [-0.4, -0.2) is 55.5 Å². The van der Waals surface area contributed by atoms with Crippen LogP contribution in [0.4, 0.5) is 13.2 Å². The molecule has 0 radical (unpaired) electrons. The second-order valence-electron chi connectivity index (χ2n) is 8.79. The maximum absolute atomic E-state index is 13.0. The van der Waals surface area contributed by atoms with Gasteiger partial charge in [-0.25, -0.2) is 15.0 Å². The highest BCUT2D eigenvalue weighted by Crippen LogP contribution is 2.32. The lowest BCUT2D eigenvalue weighted by molar-refractivity contribution is -0.120. The molecule has 1 amide bonds. The van der Waals surface area contributed by atoms with E-state index in [2.05, 4.69) is 33.9 Å². The van der Waals surface area contributed by atoms with Gasteiger partial charge in [0.15, 0.2) is 0 Å². The van der Waals surface area contributed by atoms with Crippen LogP contribution >= 0.6 is 11.3 Å². The van der Waals surface area contributed by atoms with Crippen molar-refractivity contribution in [1.29, 1.82) is 0 Å². The number of nitrogens with one attached hydrogen (secondary N) is 1. The Kier molecular flexibility index (Phi) is 8.11. The average Bonchev–Trinajstić information content (AvgIpc) is 3.21. The first kappa shape index (κ1) is 26.6. The van der Waals surface area contributed by atoms with Crippen molar-refractivity contribution in [3.8, 4) is 16.3 Å². The molecule has 1 saturated heterocycles. The number of carbonyl (C=O) groups excluding carboxylic acids is 1. The van der Waals surface area contributed by atoms with Crippen LogP contribution in [0.2, 0.25) is 0 Å². The van der Waals surface area contributed by atoms with Crippen LogP contribution in [0.1, 0.15) is 36.0 Å². The second-order valence-corrected chi connectivity index (χ2v) is 10.0. The van der Waals surface area contributed by atoms with Crippen LogP contribution in [-0.2, 0) is 4.74 Å². The van der Waals surface area contributed by atoms with E-state index in [4.69, 9.17) is 9.47 Å². The number of hydrogen-bond acceptors (Lipinski definition) is 6. The Morgan fingerprint density at radius 1 is 1.40 bits per heavy atom. The van der Waals surface area contributed by atoms with Gasteiger partial charge in [0, 0.05) is 39.9 Å². The van der Waals surface area contributed by atoms with Crippen molar-refractivity contribution < 1.29 is 27.4 Å². The van der Waals surface area contributed by atoms with Crippen molar-refractivity contribution in [3.05, 3.63) is 46.6 Å². The van der Waals surface area contributed by atoms with Gasteiger partial charge < -0.3 is 14.8 Å². The molecular weight excluding hydrogens is 481 g/mol. The maximum atomic E-state index is 13.0. The predicted octanol–water partition coefficient (Wildman–Crippen LogP) is 5.22. The van der Waals surface area contributed by atoms with E-state index in [1.54, 1.807) is 32.2 Å². The molecule has 1 fully saturated rings. The molecule has 3 rings (SSSR count). The van der Waals surface area contributed by atoms with E-state index in [0.717, 1.165) is 21.6 Å². The molecule has 7 nitrogen and oxygen atoms in total. The van der Waals surface area contributed by atoms with Crippen LogP contribution in [0.5, 0.6) is 5.75 Å². The fourth-order valence-electron chi connectivity index (χ4n) is 3.09. The number of halogens is 3. The van der Waals surface area contributed by atoms with Gasteiger partial charge in [-0.1, -0.05) is 6.92 Å². The number of amides is 1. The van der Waals surface area contributed by atoms with Gasteiger partial charge in [0.1, 0.15) is 10.8 Å². The number of aliphatic imine (C=N–C) groups is 2. The first-order chi connectivity index (χ1) is 16.4. The molecule has 1 atom stereocenters. The molecular formula is C24H27F3N4O3S. The van der Waals surface area contributed by atoms with E-state index in [-0.39, 0.29) is 5.41 Å². The van der Waals surface area contributed by atoms with Crippen LogP contribution in [0.15, 0.2) is 46.2 Å². The smallest absolute Gasteiger partial charge is 0.451 e. The van der Waals surface area contributed by atoms with Crippen molar-refractivity contribution in [3.63, 3.8) is 0 Å². The van der Waals surface area contributed by atoms with Gasteiger partial charge in [0.05, 0.1) is 19.8 Å². The summed E-state index contributed by atoms with van der Waals surface area (Å²) in [6, 6.07) is 4.59. The third kappa shape index (κ3) is 6.98. The third-order valence-corrected chi connectivity index (χ3v) is 6.31. The standard InChI is InChI=1S/C24H27F3N4O3S/c1-14(9-30-22(28-5)24(25,26)27)16(3)31-20(32)17-6-18(21-29-10-15(2)35-21)8-19(7-17)34-13-23(4)11-33-12-23/h6-10,16H,5,11-13H2,1-4H3,(H,31,32)/b14-9+,30-22-/t16-/m1/s1. The Balaban J connectivity index is 1.81. The lowest BCUT2D eigenvalue weighted by atomic mass is 9.90. The van der Waals surface area contributed by atoms with Gasteiger partial charge in [-0.2, -0.15) is 13.2 Å². The van der Waals surface area contributed by atoms with Gasteiger partial charge >= 0.3 is 6.18 Å². The Morgan fingerprint density at radius 2 is 2.11 bits per heavy atom. The molecule has 0 aliphatic carbocycles. The third-order valence-electron chi connectivity index (χ3n) is 5.35. The maximum Gasteiger partial charge on any atom is 0.451 e. The van der Waals surface area contributed by atoms with Crippen LogP contribution in [0, 0.1) is 12.3 Å². The summed E-state index contributed by atoms with van der Waals surface area (Å²) in [6.45, 7) is 11.8. The van der Waals surface area contributed by atoms with Crippen LogP contribution in [0.25, 0.3) is 10.6 Å². The van der Waals surface area contributed by atoms with E-state index in [9.17, 15) is 18.0 Å². The zero-order valence-electron chi connectivity index (χ0n) is 19.9. The monoisotopic (exact) mass is 508 g/mol. The molecule has 1 N–H and O–H groups in total. The van der Waals surface area contributed by atoms with E-state index in [1.807, 2.05) is 13.0 Å². The fourth-order valence-corrected chi connectivity index (χ4v) is 3.84. The number of nitrogens with zero attached hydrogens (tertiary/aromatic N) is 3. The molecule has 0 spiro atoms. The summed E-state index contributed by atoms with van der Waals surface area (Å²) < 4.78 is 49.7. The molecule has 1 aliphatic heterocycles. The Morgan fingerprint density at radius 3 is 2.66 bits per heavy atom. The number of aromatic nitrogens is 1. The summed E-state index contributed by atoms with van der Waals surface area (Å²) >= 11 is 1.49. The van der Waals surface area contributed by atoms with Crippen molar-refractivity contribution in [2.75, 3.05) is 19.8 Å². The molecule has 1 aromatic carbocycles. The van der Waals surface area contributed by atoms with Gasteiger partial charge in [-0.3, -0.25) is 4.79 Å². The summed E-state index contributed by atoms with van der Waals surface area (Å²) in [4.78, 5) is 24.7. The highest BCUT2D eigenvalue weighted by Gasteiger charge is 2.35. The Labute approximate surface area is 205 Å². The topological polar surface area (TPSA) is 85.2 Å². The van der Waals surface area contributed by atoms with Crippen LogP contribution < -0.4 is 10.1 Å². The number of aryl methyl sites for hydroxylation is 1. The zero-order valence-corrected chi connectivity index (χ0v) is 20.7. The first-order valence-corrected chi connectivity index (χ1v) is 11.6. The number of ether oxygens (including phenoxy) is 2. The number of carbonyl (C=O) groups is 1. The molecule has 0 bridgehead atoms. The summed E-state index contributed by atoms with van der Waals surface area (Å²) in [7, 11) is 0. The summed E-state index contributed by atoms with van der Waals surface area (Å²) in [6.07, 6.45) is -1.93. The van der Waals surface area contributed by atoms with Gasteiger partial charge in [-0.15, -0.1) is 11.3 Å². The van der Waals surface area contributed by atoms with E-state index in [1.165, 1.54) is 11.3 Å². The SMILES string of the molecule is C=N/C(=N\C=C(/C)[C@@H](C)NC(=O)c1cc(OCC2(C)COC2)cc(-c2ncc(C)s2)c1)C(F)(F)F. The Bertz CT molecular complexity index is 1150. The summed E-state index contributed by atoms with van der Waals surface area (Å²) in [5, 5.41) is 3.53. The molecule has 1 aromatic heterocycles. The summed E-state index contributed by atoms with van der Waals surface area (Å²) in [5.74, 6) is -1.25. The fraction of sp³-hybridized carbons (Fsp3) is 0.417. The number of hydrogen-bond donors (Lipinski definition) is 1. The van der Waals surface area contributed by atoms with Crippen molar-refractivity contribution in [2.45, 2.75) is 39.9 Å². The molecule has 0 saturated carbocycles. The lowest BCUT2D eigenvalue weighted by Crippen LogP contribution is -2.44.